The minimum atomic E-state index is -1.38. The third-order valence-corrected chi connectivity index (χ3v) is 10.8. The Morgan fingerprint density at radius 3 is 2.21 bits per heavy atom. The summed E-state index contributed by atoms with van der Waals surface area (Å²) in [7, 11) is 0. The van der Waals surface area contributed by atoms with Crippen molar-refractivity contribution in [3.63, 3.8) is 0 Å². The van der Waals surface area contributed by atoms with E-state index in [9.17, 15) is 19.8 Å². The van der Waals surface area contributed by atoms with Crippen molar-refractivity contribution < 1.29 is 24.5 Å². The first kappa shape index (κ1) is 31.4. The maximum Gasteiger partial charge on any atom is 0.335 e. The van der Waals surface area contributed by atoms with Crippen molar-refractivity contribution in [3.8, 4) is 11.5 Å². The van der Waals surface area contributed by atoms with Gasteiger partial charge in [-0.2, -0.15) is 0 Å². The summed E-state index contributed by atoms with van der Waals surface area (Å²) >= 11 is 0. The number of hydrogen-bond acceptors (Lipinski definition) is 6. The van der Waals surface area contributed by atoms with Crippen LogP contribution in [0.25, 0.3) is 5.57 Å². The maximum absolute atomic E-state index is 12.5. The molecule has 0 saturated carbocycles. The molecular weight excluding hydrogens is 590 g/mol. The zero-order chi connectivity index (χ0) is 32.8. The van der Waals surface area contributed by atoms with Crippen molar-refractivity contribution in [2.24, 2.45) is 0 Å². The predicted molar refractivity (Wildman–Crippen MR) is 181 cm³/mol. The second-order valence-corrected chi connectivity index (χ2v) is 13.3. The van der Waals surface area contributed by atoms with Gasteiger partial charge in [0.15, 0.2) is 0 Å². The van der Waals surface area contributed by atoms with E-state index in [0.717, 1.165) is 105 Å². The molecular formula is C39H45N3O5. The van der Waals surface area contributed by atoms with Gasteiger partial charge in [-0.1, -0.05) is 26.8 Å². The van der Waals surface area contributed by atoms with Gasteiger partial charge in [0.05, 0.1) is 17.1 Å². The Morgan fingerprint density at radius 2 is 1.53 bits per heavy atom. The quantitative estimate of drug-likeness (QED) is 0.324. The Bertz CT molecular complexity index is 1900. The first-order valence-electron chi connectivity index (χ1n) is 17.6. The van der Waals surface area contributed by atoms with E-state index in [-0.39, 0.29) is 11.1 Å². The fraction of sp³-hybridized carbons (Fsp3) is 0.462. The van der Waals surface area contributed by atoms with Crippen molar-refractivity contribution in [2.75, 3.05) is 50.7 Å². The lowest BCUT2D eigenvalue weighted by atomic mass is 9.81. The minimum Gasteiger partial charge on any atom is -0.545 e. The molecule has 246 valence electrons. The minimum absolute atomic E-state index is 0.0663. The molecule has 0 atom stereocenters. The van der Waals surface area contributed by atoms with E-state index in [1.165, 1.54) is 65.1 Å². The van der Waals surface area contributed by atoms with Gasteiger partial charge in [0.25, 0.3) is 0 Å². The van der Waals surface area contributed by atoms with Crippen LogP contribution in [-0.4, -0.2) is 67.8 Å². The van der Waals surface area contributed by atoms with E-state index in [0.29, 0.717) is 5.56 Å². The summed E-state index contributed by atoms with van der Waals surface area (Å²) in [6.45, 7) is 14.3. The molecule has 8 heteroatoms. The van der Waals surface area contributed by atoms with Gasteiger partial charge < -0.3 is 29.5 Å². The standard InChI is InChI=1S/C33H30N2O5.C6H15N/c36-32(37)20-9-10-21(24(17-20)33(38)39)27-25-15-18-5-1-11-34-13-3-7-22(28(18)34)30(25)40-31-23-8-4-14-35-12-2-6-19(29(23)35)16-26(27)31;1-4-7(5-2)6-3/h9-10,15-17H,1-8,11-14H2,(H-,36,37,38,39);4-6H2,1-3H3. The van der Waals surface area contributed by atoms with E-state index in [2.05, 4.69) is 47.3 Å². The summed E-state index contributed by atoms with van der Waals surface area (Å²) in [5.41, 5.74) is 8.35. The molecule has 0 bridgehead atoms. The van der Waals surface area contributed by atoms with Crippen LogP contribution >= 0.6 is 0 Å². The molecule has 47 heavy (non-hydrogen) atoms. The molecule has 1 N–H and O–H groups in total. The Balaban J connectivity index is 0.000000455. The number of rotatable bonds is 6. The second kappa shape index (κ2) is 12.8. The largest absolute Gasteiger partial charge is 0.545 e. The van der Waals surface area contributed by atoms with E-state index in [1.807, 2.05) is 0 Å². The molecule has 5 aliphatic heterocycles. The summed E-state index contributed by atoms with van der Waals surface area (Å²) < 4.78 is 9.49. The first-order valence-corrected chi connectivity index (χ1v) is 17.6. The summed E-state index contributed by atoms with van der Waals surface area (Å²) in [5.74, 6) is -0.868. The highest BCUT2D eigenvalue weighted by Gasteiger charge is 2.36. The van der Waals surface area contributed by atoms with Crippen LogP contribution in [0, 0.1) is 0 Å². The highest BCUT2D eigenvalue weighted by Crippen LogP contribution is 2.48. The van der Waals surface area contributed by atoms with Crippen molar-refractivity contribution in [2.45, 2.75) is 72.1 Å². The van der Waals surface area contributed by atoms with Gasteiger partial charge in [0, 0.05) is 64.7 Å². The lowest BCUT2D eigenvalue weighted by Gasteiger charge is -2.39. The zero-order valence-electron chi connectivity index (χ0n) is 27.9. The second-order valence-electron chi connectivity index (χ2n) is 13.3. The van der Waals surface area contributed by atoms with Crippen LogP contribution in [0.1, 0.15) is 101 Å². The number of aryl methyl sites for hydroxylation is 2. The Labute approximate surface area is 276 Å². The van der Waals surface area contributed by atoms with E-state index in [1.54, 1.807) is 6.07 Å². The SMILES string of the molecule is CCN(CC)CC.O=C(O)c1ccc(C2=c3cc4c5c(c3Oc3c2cc2c6c3CCCN6CCC2)CCC[N+]=5CCC4)c(C(=O)[O-])c1. The van der Waals surface area contributed by atoms with Gasteiger partial charge in [0.2, 0.25) is 5.36 Å². The smallest absolute Gasteiger partial charge is 0.335 e. The molecule has 5 aliphatic rings. The van der Waals surface area contributed by atoms with Gasteiger partial charge in [-0.25, -0.2) is 9.37 Å². The van der Waals surface area contributed by atoms with Crippen LogP contribution in [-0.2, 0) is 25.7 Å². The first-order chi connectivity index (χ1) is 22.8. The average molecular weight is 636 g/mol. The summed E-state index contributed by atoms with van der Waals surface area (Å²) in [5, 5.41) is 24.3. The molecule has 0 fully saturated rings. The fourth-order valence-corrected chi connectivity index (χ4v) is 8.54. The summed E-state index contributed by atoms with van der Waals surface area (Å²) in [4.78, 5) is 29.2. The summed E-state index contributed by atoms with van der Waals surface area (Å²) in [6.07, 6.45) is 8.06. The molecule has 0 radical (unpaired) electrons. The van der Waals surface area contributed by atoms with Crippen molar-refractivity contribution in [1.82, 2.24) is 9.48 Å². The lowest BCUT2D eigenvalue weighted by molar-refractivity contribution is -0.255. The number of aromatic carboxylic acids is 2. The zero-order valence-corrected chi connectivity index (χ0v) is 27.9. The predicted octanol–water partition coefficient (Wildman–Crippen LogP) is 3.53. The molecule has 0 aromatic heterocycles. The fourth-order valence-electron chi connectivity index (χ4n) is 8.54. The third-order valence-electron chi connectivity index (χ3n) is 10.8. The van der Waals surface area contributed by atoms with Crippen molar-refractivity contribution in [3.05, 3.63) is 85.4 Å². The normalized spacial score (nSPS) is 17.1. The molecule has 3 aromatic carbocycles. The number of ether oxygens (including phenoxy) is 1. The van der Waals surface area contributed by atoms with Crippen LogP contribution in [0.4, 0.5) is 5.69 Å². The maximum atomic E-state index is 12.5. The molecule has 0 spiro atoms. The molecule has 0 saturated heterocycles. The number of carbonyl (C=O) groups is 2. The molecule has 0 amide bonds. The monoisotopic (exact) mass is 635 g/mol. The highest BCUT2D eigenvalue weighted by atomic mass is 16.5. The number of anilines is 1. The van der Waals surface area contributed by atoms with E-state index in [4.69, 9.17) is 4.74 Å². The highest BCUT2D eigenvalue weighted by molar-refractivity contribution is 6.01. The number of carboxylic acids is 2. The van der Waals surface area contributed by atoms with Crippen LogP contribution in [0.5, 0.6) is 11.5 Å². The van der Waals surface area contributed by atoms with Gasteiger partial charge in [-0.05, 0) is 93.6 Å². The average Bonchev–Trinajstić information content (AvgIpc) is 3.09. The Hall–Kier alpha value is -4.17. The van der Waals surface area contributed by atoms with Crippen LogP contribution in [0.3, 0.4) is 0 Å². The van der Waals surface area contributed by atoms with E-state index < -0.39 is 11.9 Å². The molecule has 8 rings (SSSR count). The number of benzene rings is 3. The number of hydrogen-bond donors (Lipinski definition) is 1. The number of fused-ring (bicyclic) bond motifs is 4. The molecule has 8 nitrogen and oxygen atoms in total. The van der Waals surface area contributed by atoms with Crippen LogP contribution < -0.4 is 29.9 Å². The number of nitrogens with zero attached hydrogens (tertiary/aromatic N) is 3. The molecule has 3 aromatic rings. The van der Waals surface area contributed by atoms with Crippen molar-refractivity contribution in [1.29, 1.82) is 0 Å². The molecule has 0 unspecified atom stereocenters. The number of carbonyl (C=O) groups excluding carboxylic acids is 1. The van der Waals surface area contributed by atoms with Crippen LogP contribution in [0.2, 0.25) is 0 Å². The van der Waals surface area contributed by atoms with Gasteiger partial charge >= 0.3 is 5.97 Å². The third kappa shape index (κ3) is 5.40. The van der Waals surface area contributed by atoms with Crippen molar-refractivity contribution >= 4 is 23.2 Å². The topological polar surface area (TPSA) is 96.2 Å². The number of carboxylic acid groups (broad SMARTS) is 2. The lowest BCUT2D eigenvalue weighted by Crippen LogP contribution is -2.45. The van der Waals surface area contributed by atoms with E-state index >= 15 is 0 Å². The summed E-state index contributed by atoms with van der Waals surface area (Å²) in [6, 6.07) is 8.82. The van der Waals surface area contributed by atoms with Gasteiger partial charge in [0.1, 0.15) is 24.6 Å². The molecule has 0 aliphatic carbocycles. The van der Waals surface area contributed by atoms with Gasteiger partial charge in [-0.15, -0.1) is 0 Å². The Kier molecular flexibility index (Phi) is 8.56. The van der Waals surface area contributed by atoms with Gasteiger partial charge in [-0.3, -0.25) is 0 Å². The van der Waals surface area contributed by atoms with Crippen LogP contribution in [0.15, 0.2) is 30.3 Å². The Morgan fingerprint density at radius 1 is 0.851 bits per heavy atom. The molecule has 5 heterocycles.